The van der Waals surface area contributed by atoms with Gasteiger partial charge in [-0.25, -0.2) is 0 Å². The van der Waals surface area contributed by atoms with Gasteiger partial charge in [0.25, 0.3) is 0 Å². The summed E-state index contributed by atoms with van der Waals surface area (Å²) >= 11 is -2.44. The second-order valence-electron chi connectivity index (χ2n) is 14.1. The van der Waals surface area contributed by atoms with Crippen LogP contribution in [0.4, 0.5) is 0 Å². The third-order valence-corrected chi connectivity index (χ3v) is 17.7. The molecule has 0 radical (unpaired) electrons. The second-order valence-corrected chi connectivity index (χ2v) is 20.4. The van der Waals surface area contributed by atoms with Crippen molar-refractivity contribution in [1.29, 1.82) is 0 Å². The van der Waals surface area contributed by atoms with E-state index in [4.69, 9.17) is 4.42 Å². The first-order valence-corrected chi connectivity index (χ1v) is 18.7. The maximum atomic E-state index is 5.61. The van der Waals surface area contributed by atoms with Gasteiger partial charge in [-0.1, -0.05) is 0 Å². The van der Waals surface area contributed by atoms with E-state index >= 15 is 0 Å². The Hall–Kier alpha value is -2.05. The molecule has 1 unspecified atom stereocenters. The first kappa shape index (κ1) is 27.1. The number of rotatable bonds is 3. The van der Waals surface area contributed by atoms with Crippen LogP contribution >= 0.6 is 0 Å². The SMILES string of the molecule is CC1C=CC(c2ccoc2)=[C]1[Zr](=[C]1CCCCC1)[c]1cc(C(C)(C)C)cc2c1Cc1ccc(C(C)(C)C)cc1-2. The van der Waals surface area contributed by atoms with Gasteiger partial charge in [0.05, 0.1) is 0 Å². The Morgan fingerprint density at radius 1 is 0.821 bits per heavy atom. The molecule has 0 saturated heterocycles. The van der Waals surface area contributed by atoms with Gasteiger partial charge in [-0.05, 0) is 0 Å². The van der Waals surface area contributed by atoms with Gasteiger partial charge in [-0.2, -0.15) is 0 Å². The normalized spacial score (nSPS) is 19.1. The van der Waals surface area contributed by atoms with E-state index in [9.17, 15) is 0 Å². The molecule has 1 heterocycles. The predicted octanol–water partition coefficient (Wildman–Crippen LogP) is 9.44. The molecular weight excluding hydrogens is 552 g/mol. The number of hydrogen-bond acceptors (Lipinski definition) is 1. The Bertz CT molecular complexity index is 1500. The van der Waals surface area contributed by atoms with E-state index in [1.54, 1.807) is 12.1 Å². The van der Waals surface area contributed by atoms with Crippen LogP contribution in [0.1, 0.15) is 108 Å². The molecule has 2 heteroatoms. The van der Waals surface area contributed by atoms with Crippen molar-refractivity contribution in [3.8, 4) is 11.1 Å². The van der Waals surface area contributed by atoms with E-state index in [2.05, 4.69) is 97.0 Å². The van der Waals surface area contributed by atoms with Crippen molar-refractivity contribution in [3.63, 3.8) is 0 Å². The molecule has 2 aromatic carbocycles. The van der Waals surface area contributed by atoms with Gasteiger partial charge in [0, 0.05) is 0 Å². The van der Waals surface area contributed by atoms with Crippen LogP contribution in [0.5, 0.6) is 0 Å². The number of allylic oxidation sites excluding steroid dienone is 4. The Kier molecular flexibility index (Phi) is 7.03. The van der Waals surface area contributed by atoms with E-state index in [0.717, 1.165) is 6.42 Å². The Morgan fingerprint density at radius 3 is 2.21 bits per heavy atom. The molecule has 3 aromatic rings. The van der Waals surface area contributed by atoms with Gasteiger partial charge < -0.3 is 0 Å². The van der Waals surface area contributed by atoms with E-state index in [1.165, 1.54) is 71.1 Å². The fourth-order valence-corrected chi connectivity index (χ4v) is 16.1. The number of hydrogen-bond donors (Lipinski definition) is 0. The summed E-state index contributed by atoms with van der Waals surface area (Å²) in [6.07, 6.45) is 16.5. The summed E-state index contributed by atoms with van der Waals surface area (Å²) in [5.41, 5.74) is 12.1. The Balaban J connectivity index is 1.65. The minimum atomic E-state index is -2.44. The van der Waals surface area contributed by atoms with E-state index in [-0.39, 0.29) is 10.8 Å². The first-order valence-electron chi connectivity index (χ1n) is 15.0. The number of furan rings is 1. The topological polar surface area (TPSA) is 13.1 Å². The molecule has 0 N–H and O–H groups in total. The Labute approximate surface area is 243 Å². The third-order valence-electron chi connectivity index (χ3n) is 9.23. The minimum absolute atomic E-state index is 0.112. The summed E-state index contributed by atoms with van der Waals surface area (Å²) in [5, 5.41) is 0. The molecule has 3 aliphatic carbocycles. The molecule has 0 aliphatic heterocycles. The van der Waals surface area contributed by atoms with Crippen molar-refractivity contribution in [3.05, 3.63) is 92.2 Å². The molecule has 1 atom stereocenters. The summed E-state index contributed by atoms with van der Waals surface area (Å²) in [5.74, 6) is 0.504. The van der Waals surface area contributed by atoms with Crippen LogP contribution in [-0.4, -0.2) is 3.21 Å². The molecule has 202 valence electrons. The summed E-state index contributed by atoms with van der Waals surface area (Å²) in [6, 6.07) is 14.8. The molecule has 0 amide bonds. The fourth-order valence-electron chi connectivity index (χ4n) is 6.86. The van der Waals surface area contributed by atoms with Crippen LogP contribution in [0.3, 0.4) is 0 Å². The summed E-state index contributed by atoms with van der Waals surface area (Å²) < 4.78 is 11.1. The fraction of sp³-hybridized carbons (Fsp3) is 0.432. The average molecular weight is 596 g/mol. The monoisotopic (exact) mass is 594 g/mol. The number of fused-ring (bicyclic) bond motifs is 3. The second kappa shape index (κ2) is 10.1. The maximum absolute atomic E-state index is 5.61. The van der Waals surface area contributed by atoms with Crippen LogP contribution in [0.15, 0.2) is 68.8 Å². The van der Waals surface area contributed by atoms with E-state index in [1.807, 2.05) is 15.7 Å². The quantitative estimate of drug-likeness (QED) is 0.230. The molecule has 1 nitrogen and oxygen atoms in total. The third kappa shape index (κ3) is 5.01. The van der Waals surface area contributed by atoms with Crippen LogP contribution in [-0.2, 0) is 38.5 Å². The van der Waals surface area contributed by atoms with E-state index in [0.29, 0.717) is 5.92 Å². The molecule has 1 aromatic heterocycles. The van der Waals surface area contributed by atoms with Crippen LogP contribution in [0.25, 0.3) is 16.7 Å². The van der Waals surface area contributed by atoms with Gasteiger partial charge in [-0.15, -0.1) is 0 Å². The molecule has 0 bridgehead atoms. The van der Waals surface area contributed by atoms with Crippen molar-refractivity contribution >= 4 is 12.1 Å². The van der Waals surface area contributed by atoms with E-state index < -0.39 is 21.3 Å². The molecule has 1 fully saturated rings. The zero-order valence-corrected chi connectivity index (χ0v) is 27.5. The predicted molar refractivity (Wildman–Crippen MR) is 164 cm³/mol. The van der Waals surface area contributed by atoms with Crippen molar-refractivity contribution in [2.75, 3.05) is 0 Å². The molecule has 1 saturated carbocycles. The van der Waals surface area contributed by atoms with Gasteiger partial charge >= 0.3 is 245 Å². The average Bonchev–Trinajstić information content (AvgIpc) is 3.63. The summed E-state index contributed by atoms with van der Waals surface area (Å²) in [7, 11) is 0. The van der Waals surface area contributed by atoms with Crippen molar-refractivity contribution < 1.29 is 25.7 Å². The zero-order valence-electron chi connectivity index (χ0n) is 25.0. The molecule has 0 spiro atoms. The summed E-state index contributed by atoms with van der Waals surface area (Å²) in [4.78, 5) is 0. The summed E-state index contributed by atoms with van der Waals surface area (Å²) in [6.45, 7) is 16.6. The molecule has 3 aliphatic rings. The van der Waals surface area contributed by atoms with Crippen LogP contribution in [0.2, 0.25) is 0 Å². The van der Waals surface area contributed by atoms with Gasteiger partial charge in [0.1, 0.15) is 0 Å². The molecule has 39 heavy (non-hydrogen) atoms. The molecular formula is C37H44OZr. The standard InChI is InChI=1S/C21H25.C10H9O.C6H10.Zr/c1-20(2,3)16-9-7-14-11-15-8-10-17(21(4,5)6)13-19(15)18(14)12-16;1-8-2-3-9(6-8)10-4-5-11-7-10;1-2-4-6-5-3-1;/h7,9-10,12-13H,11H2,1-6H3;2-5,7-8H,1H3;1-5H2;. The van der Waals surface area contributed by atoms with Crippen molar-refractivity contribution in [1.82, 2.24) is 0 Å². The van der Waals surface area contributed by atoms with Crippen molar-refractivity contribution in [2.24, 2.45) is 5.92 Å². The van der Waals surface area contributed by atoms with Crippen LogP contribution in [0, 0.1) is 5.92 Å². The zero-order chi connectivity index (χ0) is 27.5. The first-order chi connectivity index (χ1) is 18.5. The Morgan fingerprint density at radius 2 is 1.54 bits per heavy atom. The molecule has 6 rings (SSSR count). The van der Waals surface area contributed by atoms with Crippen LogP contribution < -0.4 is 3.27 Å². The van der Waals surface area contributed by atoms with Gasteiger partial charge in [-0.3, -0.25) is 0 Å². The van der Waals surface area contributed by atoms with Crippen molar-refractivity contribution in [2.45, 2.75) is 97.8 Å². The van der Waals surface area contributed by atoms with Gasteiger partial charge in [0.15, 0.2) is 0 Å². The van der Waals surface area contributed by atoms with Gasteiger partial charge in [0.2, 0.25) is 0 Å². The number of benzene rings is 2.